The summed E-state index contributed by atoms with van der Waals surface area (Å²) in [6.07, 6.45) is 1.84. The standard InChI is InChI=1S/C13H10N2OS/c16-13-14-11(12-7-4-8-17-12)9-15(13)10-5-2-1-3-6-10/h1-9H,(H,14,16). The number of aromatic nitrogens is 2. The van der Waals surface area contributed by atoms with E-state index in [2.05, 4.69) is 4.98 Å². The summed E-state index contributed by atoms with van der Waals surface area (Å²) in [7, 11) is 0. The first-order valence-electron chi connectivity index (χ1n) is 5.25. The minimum atomic E-state index is -0.111. The zero-order valence-electron chi connectivity index (χ0n) is 8.96. The van der Waals surface area contributed by atoms with Crippen molar-refractivity contribution < 1.29 is 0 Å². The fourth-order valence-corrected chi connectivity index (χ4v) is 2.42. The van der Waals surface area contributed by atoms with Crippen molar-refractivity contribution in [3.63, 3.8) is 0 Å². The number of imidazole rings is 1. The Kier molecular flexibility index (Phi) is 2.42. The van der Waals surface area contributed by atoms with Gasteiger partial charge in [0, 0.05) is 6.20 Å². The largest absolute Gasteiger partial charge is 0.330 e. The van der Waals surface area contributed by atoms with Gasteiger partial charge in [-0.25, -0.2) is 4.79 Å². The normalized spacial score (nSPS) is 10.6. The summed E-state index contributed by atoms with van der Waals surface area (Å²) >= 11 is 1.61. The molecular formula is C13H10N2OS. The van der Waals surface area contributed by atoms with E-state index in [1.165, 1.54) is 0 Å². The third-order valence-corrected chi connectivity index (χ3v) is 3.44. The highest BCUT2D eigenvalue weighted by atomic mass is 32.1. The molecule has 84 valence electrons. The molecule has 3 rings (SSSR count). The Morgan fingerprint density at radius 3 is 2.59 bits per heavy atom. The minimum Gasteiger partial charge on any atom is -0.305 e. The number of para-hydroxylation sites is 1. The molecule has 0 aliphatic heterocycles. The lowest BCUT2D eigenvalue weighted by Crippen LogP contribution is -2.13. The van der Waals surface area contributed by atoms with Crippen molar-refractivity contribution in [2.45, 2.75) is 0 Å². The van der Waals surface area contributed by atoms with Crippen molar-refractivity contribution in [2.24, 2.45) is 0 Å². The number of H-pyrrole nitrogens is 1. The fourth-order valence-electron chi connectivity index (χ4n) is 1.73. The molecule has 3 nitrogen and oxygen atoms in total. The van der Waals surface area contributed by atoms with E-state index in [0.29, 0.717) is 0 Å². The molecule has 0 saturated heterocycles. The highest BCUT2D eigenvalue weighted by molar-refractivity contribution is 7.13. The average molecular weight is 242 g/mol. The summed E-state index contributed by atoms with van der Waals surface area (Å²) in [6.45, 7) is 0. The van der Waals surface area contributed by atoms with Gasteiger partial charge in [0.25, 0.3) is 0 Å². The lowest BCUT2D eigenvalue weighted by atomic mass is 10.3. The maximum Gasteiger partial charge on any atom is 0.330 e. The predicted molar refractivity (Wildman–Crippen MR) is 69.7 cm³/mol. The van der Waals surface area contributed by atoms with Gasteiger partial charge in [-0.1, -0.05) is 24.3 Å². The lowest BCUT2D eigenvalue weighted by Gasteiger charge is -1.98. The van der Waals surface area contributed by atoms with Gasteiger partial charge in [-0.05, 0) is 23.6 Å². The molecule has 0 bridgehead atoms. The first kappa shape index (κ1) is 10.1. The molecule has 0 aliphatic rings. The van der Waals surface area contributed by atoms with Crippen LogP contribution in [0.3, 0.4) is 0 Å². The molecule has 0 unspecified atom stereocenters. The number of benzene rings is 1. The summed E-state index contributed by atoms with van der Waals surface area (Å²) in [5.74, 6) is 0. The van der Waals surface area contributed by atoms with Gasteiger partial charge in [0.1, 0.15) is 0 Å². The van der Waals surface area contributed by atoms with Crippen LogP contribution in [0.4, 0.5) is 0 Å². The van der Waals surface area contributed by atoms with Crippen LogP contribution in [0.2, 0.25) is 0 Å². The van der Waals surface area contributed by atoms with E-state index < -0.39 is 0 Å². The van der Waals surface area contributed by atoms with E-state index in [1.807, 2.05) is 54.0 Å². The molecule has 2 heterocycles. The second-order valence-corrected chi connectivity index (χ2v) is 4.60. The molecule has 17 heavy (non-hydrogen) atoms. The number of hydrogen-bond acceptors (Lipinski definition) is 2. The maximum atomic E-state index is 11.8. The Morgan fingerprint density at radius 2 is 1.88 bits per heavy atom. The SMILES string of the molecule is O=c1[nH]c(-c2cccs2)cn1-c1ccccc1. The van der Waals surface area contributed by atoms with Crippen LogP contribution >= 0.6 is 11.3 Å². The number of rotatable bonds is 2. The van der Waals surface area contributed by atoms with Crippen LogP contribution in [0.15, 0.2) is 58.8 Å². The first-order valence-corrected chi connectivity index (χ1v) is 6.13. The van der Waals surface area contributed by atoms with Gasteiger partial charge in [-0.15, -0.1) is 11.3 Å². The van der Waals surface area contributed by atoms with Crippen molar-refractivity contribution in [1.82, 2.24) is 9.55 Å². The Labute approximate surface area is 102 Å². The number of hydrogen-bond donors (Lipinski definition) is 1. The van der Waals surface area contributed by atoms with Gasteiger partial charge in [0.2, 0.25) is 0 Å². The summed E-state index contributed by atoms with van der Waals surface area (Å²) in [5.41, 5.74) is 1.62. The highest BCUT2D eigenvalue weighted by Crippen LogP contribution is 2.22. The Bertz CT molecular complexity index is 665. The van der Waals surface area contributed by atoms with Crippen LogP contribution < -0.4 is 5.69 Å². The van der Waals surface area contributed by atoms with E-state index >= 15 is 0 Å². The highest BCUT2D eigenvalue weighted by Gasteiger charge is 2.06. The Morgan fingerprint density at radius 1 is 1.06 bits per heavy atom. The number of nitrogens with zero attached hydrogens (tertiary/aromatic N) is 1. The topological polar surface area (TPSA) is 37.8 Å². The van der Waals surface area contributed by atoms with Crippen molar-refractivity contribution in [3.05, 3.63) is 64.5 Å². The molecule has 4 heteroatoms. The monoisotopic (exact) mass is 242 g/mol. The molecule has 0 aliphatic carbocycles. The molecule has 2 aromatic heterocycles. The number of thiophene rings is 1. The quantitative estimate of drug-likeness (QED) is 0.737. The van der Waals surface area contributed by atoms with E-state index in [1.54, 1.807) is 15.9 Å². The van der Waals surface area contributed by atoms with Crippen molar-refractivity contribution >= 4 is 11.3 Å². The first-order chi connectivity index (χ1) is 8.34. The van der Waals surface area contributed by atoms with E-state index in [4.69, 9.17) is 0 Å². The Balaban J connectivity index is 2.12. The van der Waals surface area contributed by atoms with Crippen LogP contribution in [0.5, 0.6) is 0 Å². The molecule has 0 atom stereocenters. The molecule has 1 N–H and O–H groups in total. The van der Waals surface area contributed by atoms with Crippen LogP contribution in [0.25, 0.3) is 16.3 Å². The van der Waals surface area contributed by atoms with E-state index in [9.17, 15) is 4.79 Å². The summed E-state index contributed by atoms with van der Waals surface area (Å²) in [6, 6.07) is 13.5. The van der Waals surface area contributed by atoms with Crippen LogP contribution in [0.1, 0.15) is 0 Å². The maximum absolute atomic E-state index is 11.8. The minimum absolute atomic E-state index is 0.111. The summed E-state index contributed by atoms with van der Waals surface area (Å²) in [5, 5.41) is 1.99. The van der Waals surface area contributed by atoms with Gasteiger partial charge in [-0.3, -0.25) is 4.57 Å². The molecule has 0 saturated carbocycles. The van der Waals surface area contributed by atoms with Gasteiger partial charge in [0.05, 0.1) is 16.3 Å². The second kappa shape index (κ2) is 4.07. The van der Waals surface area contributed by atoms with Crippen LogP contribution in [0, 0.1) is 0 Å². The second-order valence-electron chi connectivity index (χ2n) is 3.66. The Hall–Kier alpha value is -2.07. The lowest BCUT2D eigenvalue weighted by molar-refractivity contribution is 0.987. The number of nitrogens with one attached hydrogen (secondary N) is 1. The smallest absolute Gasteiger partial charge is 0.305 e. The zero-order chi connectivity index (χ0) is 11.7. The summed E-state index contributed by atoms with van der Waals surface area (Å²) < 4.78 is 1.62. The molecule has 3 aromatic rings. The third-order valence-electron chi connectivity index (χ3n) is 2.54. The average Bonchev–Trinajstić information content (AvgIpc) is 2.99. The molecule has 0 amide bonds. The van der Waals surface area contributed by atoms with Crippen molar-refractivity contribution in [1.29, 1.82) is 0 Å². The molecule has 0 spiro atoms. The van der Waals surface area contributed by atoms with Crippen LogP contribution in [-0.4, -0.2) is 9.55 Å². The van der Waals surface area contributed by atoms with Gasteiger partial charge >= 0.3 is 5.69 Å². The van der Waals surface area contributed by atoms with Gasteiger partial charge in [0.15, 0.2) is 0 Å². The van der Waals surface area contributed by atoms with Crippen LogP contribution in [-0.2, 0) is 0 Å². The molecular weight excluding hydrogens is 232 g/mol. The van der Waals surface area contributed by atoms with E-state index in [-0.39, 0.29) is 5.69 Å². The van der Waals surface area contributed by atoms with Gasteiger partial charge in [-0.2, -0.15) is 0 Å². The van der Waals surface area contributed by atoms with Crippen molar-refractivity contribution in [2.75, 3.05) is 0 Å². The zero-order valence-corrected chi connectivity index (χ0v) is 9.78. The fraction of sp³-hybridized carbons (Fsp3) is 0. The molecule has 0 fully saturated rings. The molecule has 1 aromatic carbocycles. The predicted octanol–water partition coefficient (Wildman–Crippen LogP) is 2.89. The van der Waals surface area contributed by atoms with Crippen molar-refractivity contribution in [3.8, 4) is 16.3 Å². The van der Waals surface area contributed by atoms with Gasteiger partial charge < -0.3 is 4.98 Å². The molecule has 0 radical (unpaired) electrons. The van der Waals surface area contributed by atoms with E-state index in [0.717, 1.165) is 16.3 Å². The third kappa shape index (κ3) is 1.83. The number of aromatic amines is 1. The summed E-state index contributed by atoms with van der Waals surface area (Å²) in [4.78, 5) is 15.8.